The first-order valence-corrected chi connectivity index (χ1v) is 11.0. The molecule has 0 spiro atoms. The van der Waals surface area contributed by atoms with Crippen molar-refractivity contribution in [3.8, 4) is 5.75 Å². The van der Waals surface area contributed by atoms with Crippen LogP contribution in [0.4, 0.5) is 11.4 Å². The molecule has 1 unspecified atom stereocenters. The van der Waals surface area contributed by atoms with Gasteiger partial charge >= 0.3 is 11.8 Å². The second kappa shape index (κ2) is 13.2. The molecule has 0 radical (unpaired) electrons. The van der Waals surface area contributed by atoms with Crippen molar-refractivity contribution in [1.82, 2.24) is 14.8 Å². The SMILES string of the molecule is CC1CCCN(C(=O)C(=O)Nc2cncc(C=N)c2N)C1.CN(C)CCOc1ccccc1. The largest absolute Gasteiger partial charge is 0.492 e. The van der Waals surface area contributed by atoms with Crippen LogP contribution in [0.3, 0.4) is 0 Å². The quantitative estimate of drug-likeness (QED) is 0.455. The van der Waals surface area contributed by atoms with E-state index < -0.39 is 11.8 Å². The summed E-state index contributed by atoms with van der Waals surface area (Å²) in [5, 5.41) is 9.67. The van der Waals surface area contributed by atoms with E-state index in [1.807, 2.05) is 44.4 Å². The molecule has 9 nitrogen and oxygen atoms in total. The maximum atomic E-state index is 12.1. The molecule has 1 aliphatic heterocycles. The molecule has 1 aromatic heterocycles. The number of ether oxygens (including phenoxy) is 1. The summed E-state index contributed by atoms with van der Waals surface area (Å²) in [7, 11) is 4.07. The number of benzene rings is 1. The molecule has 2 aromatic rings. The van der Waals surface area contributed by atoms with Crippen LogP contribution in [0.2, 0.25) is 0 Å². The van der Waals surface area contributed by atoms with Crippen LogP contribution in [0.5, 0.6) is 5.75 Å². The van der Waals surface area contributed by atoms with Crippen LogP contribution in [0.25, 0.3) is 0 Å². The van der Waals surface area contributed by atoms with Gasteiger partial charge in [-0.3, -0.25) is 14.6 Å². The highest BCUT2D eigenvalue weighted by molar-refractivity contribution is 6.39. The zero-order valence-corrected chi connectivity index (χ0v) is 19.6. The number of aromatic nitrogens is 1. The minimum atomic E-state index is -0.722. The predicted octanol–water partition coefficient (Wildman–Crippen LogP) is 2.49. The zero-order valence-electron chi connectivity index (χ0n) is 19.6. The summed E-state index contributed by atoms with van der Waals surface area (Å²) in [6, 6.07) is 9.88. The van der Waals surface area contributed by atoms with Crippen LogP contribution in [-0.4, -0.2) is 73.1 Å². The van der Waals surface area contributed by atoms with Crippen molar-refractivity contribution in [3.05, 3.63) is 48.3 Å². The third-order valence-corrected chi connectivity index (χ3v) is 5.11. The highest BCUT2D eigenvalue weighted by atomic mass is 16.5. The molecule has 33 heavy (non-hydrogen) atoms. The van der Waals surface area contributed by atoms with Crippen molar-refractivity contribution < 1.29 is 14.3 Å². The van der Waals surface area contributed by atoms with Crippen molar-refractivity contribution in [3.63, 3.8) is 0 Å². The molecule has 3 rings (SSSR count). The number of rotatable bonds is 6. The highest BCUT2D eigenvalue weighted by Crippen LogP contribution is 2.20. The molecule has 4 N–H and O–H groups in total. The molecule has 1 saturated heterocycles. The second-order valence-corrected chi connectivity index (χ2v) is 8.25. The second-order valence-electron chi connectivity index (χ2n) is 8.25. The van der Waals surface area contributed by atoms with Crippen LogP contribution in [0.1, 0.15) is 25.3 Å². The lowest BCUT2D eigenvalue weighted by atomic mass is 10.0. The smallest absolute Gasteiger partial charge is 0.314 e. The van der Waals surface area contributed by atoms with Crippen LogP contribution in [0, 0.1) is 11.3 Å². The van der Waals surface area contributed by atoms with Gasteiger partial charge in [0.2, 0.25) is 0 Å². The Bertz CT molecular complexity index is 920. The van der Waals surface area contributed by atoms with Crippen molar-refractivity contribution >= 4 is 29.4 Å². The summed E-state index contributed by atoms with van der Waals surface area (Å²) in [6.07, 6.45) is 5.82. The molecule has 1 fully saturated rings. The predicted molar refractivity (Wildman–Crippen MR) is 131 cm³/mol. The molecule has 178 valence electrons. The number of piperidine rings is 1. The Balaban J connectivity index is 0.000000273. The van der Waals surface area contributed by atoms with Gasteiger partial charge in [-0.05, 0) is 45.0 Å². The van der Waals surface area contributed by atoms with E-state index in [0.29, 0.717) is 24.6 Å². The fourth-order valence-corrected chi connectivity index (χ4v) is 3.26. The number of anilines is 2. The molecule has 1 atom stereocenters. The Hall–Kier alpha value is -3.46. The zero-order chi connectivity index (χ0) is 24.2. The van der Waals surface area contributed by atoms with Gasteiger partial charge in [0.1, 0.15) is 12.4 Å². The van der Waals surface area contributed by atoms with Crippen molar-refractivity contribution in [2.24, 2.45) is 5.92 Å². The van der Waals surface area contributed by atoms with Gasteiger partial charge in [-0.2, -0.15) is 0 Å². The third kappa shape index (κ3) is 8.53. The average molecular weight is 455 g/mol. The summed E-state index contributed by atoms with van der Waals surface area (Å²) in [5.41, 5.74) is 6.69. The Morgan fingerprint density at radius 3 is 2.67 bits per heavy atom. The Labute approximate surface area is 195 Å². The summed E-state index contributed by atoms with van der Waals surface area (Å²) in [5.74, 6) is 0.0729. The number of hydrogen-bond donors (Lipinski definition) is 3. The maximum absolute atomic E-state index is 12.1. The molecule has 9 heteroatoms. The van der Waals surface area contributed by atoms with Crippen molar-refractivity contribution in [2.45, 2.75) is 19.8 Å². The topological polar surface area (TPSA) is 125 Å². The highest BCUT2D eigenvalue weighted by Gasteiger charge is 2.26. The number of likely N-dealkylation sites (tertiary alicyclic amines) is 1. The molecule has 0 bridgehead atoms. The van der Waals surface area contributed by atoms with Crippen LogP contribution in [-0.2, 0) is 9.59 Å². The summed E-state index contributed by atoms with van der Waals surface area (Å²) in [6.45, 7) is 4.96. The number of nitrogens with zero attached hydrogens (tertiary/aromatic N) is 3. The number of hydrogen-bond acceptors (Lipinski definition) is 7. The lowest BCUT2D eigenvalue weighted by Crippen LogP contribution is -2.44. The van der Waals surface area contributed by atoms with E-state index in [0.717, 1.165) is 38.0 Å². The third-order valence-electron chi connectivity index (χ3n) is 5.11. The van der Waals surface area contributed by atoms with E-state index in [1.165, 1.54) is 12.4 Å². The molecule has 1 aliphatic rings. The Morgan fingerprint density at radius 2 is 2.03 bits per heavy atom. The van der Waals surface area contributed by atoms with Crippen molar-refractivity contribution in [1.29, 1.82) is 5.41 Å². The van der Waals surface area contributed by atoms with Crippen molar-refractivity contribution in [2.75, 3.05) is 51.4 Å². The van der Waals surface area contributed by atoms with Gasteiger partial charge in [-0.15, -0.1) is 0 Å². The number of carbonyl (C=O) groups is 2. The van der Waals surface area contributed by atoms with Gasteiger partial charge < -0.3 is 31.0 Å². The number of para-hydroxylation sites is 1. The molecular weight excluding hydrogens is 420 g/mol. The summed E-state index contributed by atoms with van der Waals surface area (Å²) in [4.78, 5) is 31.7. The lowest BCUT2D eigenvalue weighted by Gasteiger charge is -2.30. The fourth-order valence-electron chi connectivity index (χ4n) is 3.26. The number of nitrogens with one attached hydrogen (secondary N) is 2. The van der Waals surface area contributed by atoms with Gasteiger partial charge in [0.05, 0.1) is 17.6 Å². The van der Waals surface area contributed by atoms with Crippen LogP contribution in [0.15, 0.2) is 42.7 Å². The minimum absolute atomic E-state index is 0.230. The van der Waals surface area contributed by atoms with Gasteiger partial charge in [0, 0.05) is 37.6 Å². The van der Waals surface area contributed by atoms with E-state index in [2.05, 4.69) is 22.1 Å². The molecular formula is C24H34N6O3. The van der Waals surface area contributed by atoms with Gasteiger partial charge in [-0.1, -0.05) is 25.1 Å². The number of carbonyl (C=O) groups excluding carboxylic acids is 2. The first kappa shape index (κ1) is 25.8. The van der Waals surface area contributed by atoms with E-state index in [-0.39, 0.29) is 11.4 Å². The summed E-state index contributed by atoms with van der Waals surface area (Å²) < 4.78 is 5.48. The molecule has 0 saturated carbocycles. The maximum Gasteiger partial charge on any atom is 0.314 e. The Morgan fingerprint density at radius 1 is 1.30 bits per heavy atom. The van der Waals surface area contributed by atoms with Crippen LogP contribution >= 0.6 is 0 Å². The minimum Gasteiger partial charge on any atom is -0.492 e. The van der Waals surface area contributed by atoms with Gasteiger partial charge in [0.15, 0.2) is 0 Å². The molecule has 1 aromatic carbocycles. The Kier molecular flexibility index (Phi) is 10.3. The normalized spacial score (nSPS) is 15.3. The molecule has 2 heterocycles. The van der Waals surface area contributed by atoms with E-state index in [9.17, 15) is 9.59 Å². The van der Waals surface area contributed by atoms with E-state index in [4.69, 9.17) is 15.9 Å². The molecule has 0 aliphatic carbocycles. The first-order chi connectivity index (χ1) is 15.8. The number of amides is 2. The van der Waals surface area contributed by atoms with E-state index in [1.54, 1.807) is 4.90 Å². The van der Waals surface area contributed by atoms with E-state index >= 15 is 0 Å². The van der Waals surface area contributed by atoms with Gasteiger partial charge in [0.25, 0.3) is 0 Å². The van der Waals surface area contributed by atoms with Gasteiger partial charge in [-0.25, -0.2) is 0 Å². The standard InChI is InChI=1S/C14H19N5O2.C10H15NO/c1-9-3-2-4-19(8-9)14(21)13(20)18-11-7-17-6-10(5-15)12(11)16;1-11(2)8-9-12-10-6-4-3-5-7-10/h5-7,9,15H,2-4,8H2,1H3,(H2,16,17)(H,18,20);3-7H,8-9H2,1-2H3. The molecule has 2 amide bonds. The summed E-state index contributed by atoms with van der Waals surface area (Å²) >= 11 is 0. The average Bonchev–Trinajstić information content (AvgIpc) is 2.81. The number of pyridine rings is 1. The van der Waals surface area contributed by atoms with Crippen LogP contribution < -0.4 is 15.8 Å². The fraction of sp³-hybridized carbons (Fsp3) is 0.417. The monoisotopic (exact) mass is 454 g/mol. The number of likely N-dealkylation sites (N-methyl/N-ethyl adjacent to an activating group) is 1. The number of nitrogen functional groups attached to an aromatic ring is 1. The lowest BCUT2D eigenvalue weighted by molar-refractivity contribution is -0.144. The first-order valence-electron chi connectivity index (χ1n) is 11.0. The number of nitrogens with two attached hydrogens (primary N) is 1.